The standard InChI is InChI=1S/C55H99NO3/c1-3-5-7-9-11-13-15-16-17-18-19-20-21-22-23-24-25-26-27-28-29-30-31-32-33-34-35-36-37-38-39-40-41-43-45-47-49-51-55(59)56-53(52-57)54(58)50-48-46-44-42-14-12-10-8-6-4-2/h5,7,11,13,16-17,19-20,22-23,48,50,53-54,57-58H,3-4,6,8-10,12,14-15,18,21,24-47,49,51-52H2,1-2H3,(H,56,59)/b7-5-,13-11-,17-16-,20-19-,23-22-,50-48+. The Morgan fingerprint density at radius 3 is 1.12 bits per heavy atom. The van der Waals surface area contributed by atoms with Gasteiger partial charge < -0.3 is 15.5 Å². The molecule has 0 saturated heterocycles. The number of aliphatic hydroxyl groups is 2. The van der Waals surface area contributed by atoms with Gasteiger partial charge in [0.25, 0.3) is 0 Å². The summed E-state index contributed by atoms with van der Waals surface area (Å²) in [5.74, 6) is -0.0647. The van der Waals surface area contributed by atoms with Crippen LogP contribution in [0.1, 0.15) is 251 Å². The topological polar surface area (TPSA) is 69.6 Å². The maximum absolute atomic E-state index is 12.4. The van der Waals surface area contributed by atoms with Crippen LogP contribution in [-0.2, 0) is 4.79 Å². The number of allylic oxidation sites excluding steroid dienone is 11. The number of carbonyl (C=O) groups excluding carboxylic acids is 1. The molecule has 0 bridgehead atoms. The average molecular weight is 822 g/mol. The Hall–Kier alpha value is -2.17. The predicted molar refractivity (Wildman–Crippen MR) is 262 cm³/mol. The van der Waals surface area contributed by atoms with Gasteiger partial charge >= 0.3 is 0 Å². The first-order valence-corrected chi connectivity index (χ1v) is 25.7. The van der Waals surface area contributed by atoms with Gasteiger partial charge in [0, 0.05) is 6.42 Å². The Balaban J connectivity index is 3.42. The largest absolute Gasteiger partial charge is 0.394 e. The van der Waals surface area contributed by atoms with Crippen LogP contribution in [0.2, 0.25) is 0 Å². The van der Waals surface area contributed by atoms with Crippen molar-refractivity contribution in [3.05, 3.63) is 72.9 Å². The van der Waals surface area contributed by atoms with E-state index >= 15 is 0 Å². The minimum atomic E-state index is -0.837. The summed E-state index contributed by atoms with van der Waals surface area (Å²) in [4.78, 5) is 12.4. The van der Waals surface area contributed by atoms with Crippen LogP contribution in [0, 0.1) is 0 Å². The van der Waals surface area contributed by atoms with E-state index in [-0.39, 0.29) is 12.5 Å². The molecule has 3 N–H and O–H groups in total. The lowest BCUT2D eigenvalue weighted by Crippen LogP contribution is -2.45. The van der Waals surface area contributed by atoms with Gasteiger partial charge in [0.1, 0.15) is 0 Å². The van der Waals surface area contributed by atoms with Gasteiger partial charge in [-0.05, 0) is 64.2 Å². The maximum atomic E-state index is 12.4. The van der Waals surface area contributed by atoms with Crippen molar-refractivity contribution < 1.29 is 15.0 Å². The molecule has 0 aromatic carbocycles. The van der Waals surface area contributed by atoms with Crippen molar-refractivity contribution in [2.45, 2.75) is 264 Å². The van der Waals surface area contributed by atoms with Crippen LogP contribution in [0.5, 0.6) is 0 Å². The minimum absolute atomic E-state index is 0.0647. The number of carbonyl (C=O) groups is 1. The molecule has 4 heteroatoms. The van der Waals surface area contributed by atoms with Crippen molar-refractivity contribution in [2.75, 3.05) is 6.61 Å². The smallest absolute Gasteiger partial charge is 0.220 e. The number of hydrogen-bond acceptors (Lipinski definition) is 3. The third-order valence-electron chi connectivity index (χ3n) is 11.4. The van der Waals surface area contributed by atoms with Gasteiger partial charge in [-0.15, -0.1) is 0 Å². The van der Waals surface area contributed by atoms with Gasteiger partial charge in [0.05, 0.1) is 18.8 Å². The summed E-state index contributed by atoms with van der Waals surface area (Å²) in [5.41, 5.74) is 0. The molecule has 2 unspecified atom stereocenters. The number of unbranched alkanes of at least 4 members (excludes halogenated alkanes) is 29. The van der Waals surface area contributed by atoms with Gasteiger partial charge in [-0.1, -0.05) is 254 Å². The van der Waals surface area contributed by atoms with Crippen molar-refractivity contribution in [3.8, 4) is 0 Å². The van der Waals surface area contributed by atoms with Crippen LogP contribution < -0.4 is 5.32 Å². The van der Waals surface area contributed by atoms with Crippen LogP contribution in [-0.4, -0.2) is 34.9 Å². The molecule has 0 saturated carbocycles. The Bertz CT molecular complexity index is 1020. The Morgan fingerprint density at radius 2 is 0.746 bits per heavy atom. The van der Waals surface area contributed by atoms with E-state index in [2.05, 4.69) is 79.9 Å². The molecule has 59 heavy (non-hydrogen) atoms. The van der Waals surface area contributed by atoms with Gasteiger partial charge in [-0.3, -0.25) is 4.79 Å². The number of nitrogens with one attached hydrogen (secondary N) is 1. The first kappa shape index (κ1) is 56.8. The van der Waals surface area contributed by atoms with E-state index in [4.69, 9.17) is 0 Å². The molecule has 2 atom stereocenters. The normalized spacial score (nSPS) is 13.5. The van der Waals surface area contributed by atoms with Gasteiger partial charge in [-0.2, -0.15) is 0 Å². The predicted octanol–water partition coefficient (Wildman–Crippen LogP) is 16.6. The zero-order valence-corrected chi connectivity index (χ0v) is 39.3. The summed E-state index contributed by atoms with van der Waals surface area (Å²) in [5, 5.41) is 23.0. The molecule has 0 heterocycles. The summed E-state index contributed by atoms with van der Waals surface area (Å²) < 4.78 is 0. The molecule has 0 aliphatic heterocycles. The zero-order chi connectivity index (χ0) is 42.8. The highest BCUT2D eigenvalue weighted by Crippen LogP contribution is 2.16. The number of aliphatic hydroxyl groups excluding tert-OH is 2. The zero-order valence-electron chi connectivity index (χ0n) is 39.3. The van der Waals surface area contributed by atoms with Crippen LogP contribution in [0.15, 0.2) is 72.9 Å². The van der Waals surface area contributed by atoms with Crippen LogP contribution in [0.4, 0.5) is 0 Å². The van der Waals surface area contributed by atoms with Gasteiger partial charge in [-0.25, -0.2) is 0 Å². The SMILES string of the molecule is CC/C=C\C/C=C\C/C=C\C/C=C\C/C=C\CCCCCCCCCCCCCCCCCCCCCCCC(=O)NC(CO)C(O)/C=C/CCCCCCCCCC. The molecule has 0 fully saturated rings. The minimum Gasteiger partial charge on any atom is -0.394 e. The van der Waals surface area contributed by atoms with Crippen LogP contribution in [0.3, 0.4) is 0 Å². The molecule has 0 radical (unpaired) electrons. The fraction of sp³-hybridized carbons (Fsp3) is 0.764. The van der Waals surface area contributed by atoms with Crippen molar-refractivity contribution in [1.82, 2.24) is 5.32 Å². The summed E-state index contributed by atoms with van der Waals surface area (Å²) in [6.45, 7) is 4.18. The highest BCUT2D eigenvalue weighted by molar-refractivity contribution is 5.76. The molecular formula is C55H99NO3. The Labute approximate surface area is 368 Å². The fourth-order valence-corrected chi connectivity index (χ4v) is 7.56. The molecule has 342 valence electrons. The maximum Gasteiger partial charge on any atom is 0.220 e. The average Bonchev–Trinajstić information content (AvgIpc) is 3.24. The van der Waals surface area contributed by atoms with E-state index in [1.54, 1.807) is 6.08 Å². The number of amides is 1. The third kappa shape index (κ3) is 46.7. The second-order valence-corrected chi connectivity index (χ2v) is 17.2. The first-order chi connectivity index (χ1) is 29.2. The highest BCUT2D eigenvalue weighted by atomic mass is 16.3. The van der Waals surface area contributed by atoms with E-state index in [0.717, 1.165) is 57.8 Å². The summed E-state index contributed by atoms with van der Waals surface area (Å²) in [6.07, 6.45) is 72.0. The van der Waals surface area contributed by atoms with E-state index in [0.29, 0.717) is 6.42 Å². The van der Waals surface area contributed by atoms with Crippen molar-refractivity contribution in [3.63, 3.8) is 0 Å². The van der Waals surface area contributed by atoms with E-state index in [9.17, 15) is 15.0 Å². The van der Waals surface area contributed by atoms with Crippen molar-refractivity contribution in [1.29, 1.82) is 0 Å². The van der Waals surface area contributed by atoms with Crippen LogP contribution in [0.25, 0.3) is 0 Å². The van der Waals surface area contributed by atoms with Gasteiger partial charge in [0.15, 0.2) is 0 Å². The van der Waals surface area contributed by atoms with Gasteiger partial charge in [0.2, 0.25) is 5.91 Å². The number of rotatable bonds is 46. The van der Waals surface area contributed by atoms with E-state index in [1.165, 1.54) is 173 Å². The molecule has 4 nitrogen and oxygen atoms in total. The molecular weight excluding hydrogens is 723 g/mol. The first-order valence-electron chi connectivity index (χ1n) is 25.7. The molecule has 0 aromatic rings. The summed E-state index contributed by atoms with van der Waals surface area (Å²) in [6, 6.07) is -0.620. The Kier molecular flexibility index (Phi) is 48.3. The summed E-state index contributed by atoms with van der Waals surface area (Å²) >= 11 is 0. The monoisotopic (exact) mass is 822 g/mol. The molecule has 0 aliphatic rings. The summed E-state index contributed by atoms with van der Waals surface area (Å²) in [7, 11) is 0. The lowest BCUT2D eigenvalue weighted by Gasteiger charge is -2.20. The second kappa shape index (κ2) is 50.2. The lowest BCUT2D eigenvalue weighted by atomic mass is 10.0. The lowest BCUT2D eigenvalue weighted by molar-refractivity contribution is -0.123. The quantitative estimate of drug-likeness (QED) is 0.0423. The van der Waals surface area contributed by atoms with E-state index in [1.807, 2.05) is 6.08 Å². The molecule has 0 spiro atoms. The highest BCUT2D eigenvalue weighted by Gasteiger charge is 2.18. The molecule has 1 amide bonds. The Morgan fingerprint density at radius 1 is 0.424 bits per heavy atom. The van der Waals surface area contributed by atoms with Crippen LogP contribution >= 0.6 is 0 Å². The van der Waals surface area contributed by atoms with Crippen molar-refractivity contribution in [2.24, 2.45) is 0 Å². The third-order valence-corrected chi connectivity index (χ3v) is 11.4. The number of hydrogen-bond donors (Lipinski definition) is 3. The van der Waals surface area contributed by atoms with E-state index < -0.39 is 12.1 Å². The molecule has 0 aliphatic carbocycles. The fourth-order valence-electron chi connectivity index (χ4n) is 7.56. The molecule has 0 rings (SSSR count). The molecule has 0 aromatic heterocycles. The van der Waals surface area contributed by atoms with Crippen molar-refractivity contribution >= 4 is 5.91 Å². The second-order valence-electron chi connectivity index (χ2n) is 17.2.